The Balaban J connectivity index is 2.67. The topological polar surface area (TPSA) is 17.1 Å². The maximum Gasteiger partial charge on any atom is 0.184 e. The maximum absolute atomic E-state index is 11.7. The van der Waals surface area contributed by atoms with Gasteiger partial charge in [0.1, 0.15) is 23.7 Å². The smallest absolute Gasteiger partial charge is 0.184 e. The van der Waals surface area contributed by atoms with Gasteiger partial charge in [0.05, 0.1) is 6.16 Å². The number of carbonyl (C=O) groups is 1. The van der Waals surface area contributed by atoms with E-state index in [9.17, 15) is 4.79 Å². The van der Waals surface area contributed by atoms with Crippen molar-refractivity contribution in [3.63, 3.8) is 0 Å². The summed E-state index contributed by atoms with van der Waals surface area (Å²) in [5.74, 6) is 0.272. The molecule has 0 radical (unpaired) electrons. The molecule has 0 aliphatic heterocycles. The fraction of sp³-hybridized carbons (Fsp3) is 0.278. The average molecular weight is 537 g/mol. The first-order chi connectivity index (χ1) is 10.4. The SMILES string of the molecule is CC(=O)CC[P+](c1ccccc1)(c1ccccc1)C(C)(I)I. The second-order valence-corrected chi connectivity index (χ2v) is 17.6. The van der Waals surface area contributed by atoms with Crippen LogP contribution < -0.4 is 10.6 Å². The van der Waals surface area contributed by atoms with Gasteiger partial charge in [0.25, 0.3) is 0 Å². The Kier molecular flexibility index (Phi) is 6.43. The van der Waals surface area contributed by atoms with E-state index in [1.807, 2.05) is 0 Å². The van der Waals surface area contributed by atoms with Gasteiger partial charge in [-0.2, -0.15) is 0 Å². The summed E-state index contributed by atoms with van der Waals surface area (Å²) < 4.78 is 0.0562. The van der Waals surface area contributed by atoms with Gasteiger partial charge in [-0.15, -0.1) is 0 Å². The highest BCUT2D eigenvalue weighted by molar-refractivity contribution is 14.2. The maximum atomic E-state index is 11.7. The van der Waals surface area contributed by atoms with Crippen molar-refractivity contribution in [2.45, 2.75) is 21.4 Å². The lowest BCUT2D eigenvalue weighted by molar-refractivity contribution is -0.116. The van der Waals surface area contributed by atoms with Crippen LogP contribution in [0.2, 0.25) is 0 Å². The number of alkyl halides is 2. The second-order valence-electron chi connectivity index (χ2n) is 5.50. The zero-order valence-electron chi connectivity index (χ0n) is 12.8. The van der Waals surface area contributed by atoms with Crippen LogP contribution in [0.5, 0.6) is 0 Å². The Bertz CT molecular complexity index is 581. The van der Waals surface area contributed by atoms with Crippen molar-refractivity contribution < 1.29 is 4.79 Å². The summed E-state index contributed by atoms with van der Waals surface area (Å²) >= 11 is 5.14. The van der Waals surface area contributed by atoms with Crippen molar-refractivity contribution in [1.29, 1.82) is 0 Å². The molecule has 0 fully saturated rings. The third-order valence-corrected chi connectivity index (χ3v) is 13.4. The van der Waals surface area contributed by atoms with Crippen molar-refractivity contribution >= 4 is 68.8 Å². The predicted octanol–water partition coefficient (Wildman–Crippen LogP) is 5.18. The summed E-state index contributed by atoms with van der Waals surface area (Å²) in [4.78, 5) is 11.7. The molecule has 0 unspecified atom stereocenters. The van der Waals surface area contributed by atoms with Gasteiger partial charge >= 0.3 is 0 Å². The molecule has 0 saturated carbocycles. The van der Waals surface area contributed by atoms with Crippen LogP contribution in [0.1, 0.15) is 20.3 Å². The number of rotatable bonds is 6. The van der Waals surface area contributed by atoms with Crippen LogP contribution in [-0.2, 0) is 4.79 Å². The largest absolute Gasteiger partial charge is 0.300 e. The predicted molar refractivity (Wildman–Crippen MR) is 116 cm³/mol. The van der Waals surface area contributed by atoms with E-state index in [4.69, 9.17) is 0 Å². The molecular weight excluding hydrogens is 517 g/mol. The Morgan fingerprint density at radius 3 is 1.68 bits per heavy atom. The second kappa shape index (κ2) is 7.71. The van der Waals surface area contributed by atoms with Gasteiger partial charge in [0, 0.05) is 6.42 Å². The Labute approximate surface area is 160 Å². The van der Waals surface area contributed by atoms with E-state index in [0.717, 1.165) is 6.16 Å². The van der Waals surface area contributed by atoms with Gasteiger partial charge in [0.15, 0.2) is 1.17 Å². The van der Waals surface area contributed by atoms with Crippen molar-refractivity contribution in [3.05, 3.63) is 60.7 Å². The Morgan fingerprint density at radius 1 is 0.955 bits per heavy atom. The highest BCUT2D eigenvalue weighted by Crippen LogP contribution is 2.72. The first-order valence-corrected chi connectivity index (χ1v) is 11.4. The normalized spacial score (nSPS) is 12.2. The van der Waals surface area contributed by atoms with E-state index in [1.54, 1.807) is 6.92 Å². The lowest BCUT2D eigenvalue weighted by Gasteiger charge is -2.35. The van der Waals surface area contributed by atoms with Crippen LogP contribution >= 0.6 is 52.4 Å². The van der Waals surface area contributed by atoms with Crippen molar-refractivity contribution in [3.8, 4) is 0 Å². The fourth-order valence-corrected chi connectivity index (χ4v) is 11.7. The minimum Gasteiger partial charge on any atom is -0.300 e. The summed E-state index contributed by atoms with van der Waals surface area (Å²) in [6.07, 6.45) is 1.57. The molecule has 0 aliphatic carbocycles. The molecule has 116 valence electrons. The van der Waals surface area contributed by atoms with Crippen LogP contribution in [0.25, 0.3) is 0 Å². The molecule has 2 aromatic rings. The summed E-state index contributed by atoms with van der Waals surface area (Å²) in [7, 11) is -1.69. The molecule has 0 atom stereocenters. The standard InChI is InChI=1S/C18H20I2OP/c1-15(21)13-14-22(18(2,19)20,16-9-5-3-6-10-16)17-11-7-4-8-12-17/h3-12H,13-14H2,1-2H3/q+1. The molecule has 22 heavy (non-hydrogen) atoms. The van der Waals surface area contributed by atoms with E-state index >= 15 is 0 Å². The first kappa shape index (κ1) is 18.3. The van der Waals surface area contributed by atoms with Crippen LogP contribution in [0.15, 0.2) is 60.7 Å². The molecule has 0 amide bonds. The molecule has 4 heteroatoms. The number of ketones is 1. The molecule has 0 spiro atoms. The Morgan fingerprint density at radius 2 is 1.36 bits per heavy atom. The van der Waals surface area contributed by atoms with Gasteiger partial charge in [-0.3, -0.25) is 4.79 Å². The molecule has 0 saturated heterocycles. The summed E-state index contributed by atoms with van der Waals surface area (Å²) in [6.45, 7) is 3.99. The van der Waals surface area contributed by atoms with Gasteiger partial charge in [-0.05, 0) is 83.3 Å². The van der Waals surface area contributed by atoms with Gasteiger partial charge in [-0.1, -0.05) is 36.4 Å². The Hall–Kier alpha value is 0. The molecular formula is C18H20I2OP+. The molecule has 2 aromatic carbocycles. The fourth-order valence-electron chi connectivity index (χ4n) is 2.75. The minimum atomic E-state index is -1.69. The van der Waals surface area contributed by atoms with E-state index in [0.29, 0.717) is 6.42 Å². The number of carbonyl (C=O) groups excluding carboxylic acids is 1. The molecule has 1 nitrogen and oxygen atoms in total. The number of hydrogen-bond donors (Lipinski definition) is 0. The van der Waals surface area contributed by atoms with E-state index < -0.39 is 7.26 Å². The van der Waals surface area contributed by atoms with Crippen molar-refractivity contribution in [2.24, 2.45) is 0 Å². The monoisotopic (exact) mass is 537 g/mol. The number of hydrogen-bond acceptors (Lipinski definition) is 1. The highest BCUT2D eigenvalue weighted by atomic mass is 127. The number of halogens is 2. The van der Waals surface area contributed by atoms with Crippen LogP contribution in [-0.4, -0.2) is 13.1 Å². The average Bonchev–Trinajstić information content (AvgIpc) is 2.48. The molecule has 2 rings (SSSR count). The highest BCUT2D eigenvalue weighted by Gasteiger charge is 2.55. The van der Waals surface area contributed by atoms with Gasteiger partial charge in [0.2, 0.25) is 0 Å². The number of Topliss-reactive ketones (excluding diaryl/α,β-unsaturated/α-hetero) is 1. The quantitative estimate of drug-likeness (QED) is 0.282. The zero-order chi connectivity index (χ0) is 16.2. The molecule has 0 N–H and O–H groups in total. The van der Waals surface area contributed by atoms with Gasteiger partial charge < -0.3 is 0 Å². The van der Waals surface area contributed by atoms with E-state index in [1.165, 1.54) is 10.6 Å². The summed E-state index contributed by atoms with van der Waals surface area (Å²) in [5.41, 5.74) is 0. The van der Waals surface area contributed by atoms with Crippen LogP contribution in [0.3, 0.4) is 0 Å². The van der Waals surface area contributed by atoms with E-state index in [-0.39, 0.29) is 6.95 Å². The van der Waals surface area contributed by atoms with E-state index in [2.05, 4.69) is 113 Å². The lowest BCUT2D eigenvalue weighted by atomic mass is 10.3. The molecule has 0 bridgehead atoms. The minimum absolute atomic E-state index is 0.0562. The third-order valence-electron chi connectivity index (χ3n) is 3.86. The van der Waals surface area contributed by atoms with Gasteiger partial charge in [-0.25, -0.2) is 0 Å². The molecule has 0 heterocycles. The molecule has 0 aliphatic rings. The van der Waals surface area contributed by atoms with Crippen LogP contribution in [0, 0.1) is 0 Å². The summed E-state index contributed by atoms with van der Waals surface area (Å²) in [5, 5.41) is 2.77. The summed E-state index contributed by atoms with van der Waals surface area (Å²) in [6, 6.07) is 21.5. The van der Waals surface area contributed by atoms with Crippen molar-refractivity contribution in [1.82, 2.24) is 0 Å². The van der Waals surface area contributed by atoms with Crippen molar-refractivity contribution in [2.75, 3.05) is 6.16 Å². The first-order valence-electron chi connectivity index (χ1n) is 7.24. The lowest BCUT2D eigenvalue weighted by Crippen LogP contribution is -2.35. The zero-order valence-corrected chi connectivity index (χ0v) is 18.0. The third kappa shape index (κ3) is 3.90. The van der Waals surface area contributed by atoms with Crippen LogP contribution in [0.4, 0.5) is 0 Å². The molecule has 0 aromatic heterocycles. The number of benzene rings is 2.